The average Bonchev–Trinajstić information content (AvgIpc) is 2.45. The molecule has 2 aromatic rings. The van der Waals surface area contributed by atoms with Gasteiger partial charge in [-0.3, -0.25) is 4.79 Å². The number of aryl methyl sites for hydroxylation is 1. The summed E-state index contributed by atoms with van der Waals surface area (Å²) in [6, 6.07) is 9.53. The highest BCUT2D eigenvalue weighted by atomic mass is 16.1. The van der Waals surface area contributed by atoms with Crippen LogP contribution in [0.1, 0.15) is 62.3 Å². The highest BCUT2D eigenvalue weighted by molar-refractivity contribution is 6.03. The van der Waals surface area contributed by atoms with Gasteiger partial charge in [0.05, 0.1) is 0 Å². The van der Waals surface area contributed by atoms with Gasteiger partial charge in [-0.15, -0.1) is 0 Å². The lowest BCUT2D eigenvalue weighted by Crippen LogP contribution is -2.28. The van der Waals surface area contributed by atoms with E-state index in [2.05, 4.69) is 34.4 Å². The predicted molar refractivity (Wildman–Crippen MR) is 98.6 cm³/mol. The smallest absolute Gasteiger partial charge is 0.274 e. The van der Waals surface area contributed by atoms with E-state index in [9.17, 15) is 4.79 Å². The van der Waals surface area contributed by atoms with Gasteiger partial charge < -0.3 is 10.6 Å². The van der Waals surface area contributed by atoms with Gasteiger partial charge in [0.25, 0.3) is 5.91 Å². The Kier molecular flexibility index (Phi) is 5.22. The van der Waals surface area contributed by atoms with Crippen molar-refractivity contribution >= 4 is 17.5 Å². The summed E-state index contributed by atoms with van der Waals surface area (Å²) in [6.45, 7) is 12.1. The van der Waals surface area contributed by atoms with Gasteiger partial charge in [-0.2, -0.15) is 0 Å². The normalized spacial score (nSPS) is 11.5. The minimum atomic E-state index is -0.231. The second kappa shape index (κ2) is 6.99. The van der Waals surface area contributed by atoms with Gasteiger partial charge in [-0.1, -0.05) is 32.0 Å². The Bertz CT molecular complexity index is 732. The number of anilines is 2. The maximum absolute atomic E-state index is 12.6. The maximum atomic E-state index is 12.6. The fraction of sp³-hybridized carbons (Fsp3) is 0.421. The lowest BCUT2D eigenvalue weighted by atomic mass is 10.0. The molecule has 0 aliphatic heterocycles. The van der Waals surface area contributed by atoms with Gasteiger partial charge in [0.1, 0.15) is 5.69 Å². The molecule has 24 heavy (non-hydrogen) atoms. The number of benzene rings is 1. The molecule has 2 N–H and O–H groups in total. The van der Waals surface area contributed by atoms with E-state index in [1.807, 2.05) is 52.0 Å². The summed E-state index contributed by atoms with van der Waals surface area (Å²) in [5.74, 6) is 0.558. The molecule has 0 bridgehead atoms. The van der Waals surface area contributed by atoms with E-state index in [0.717, 1.165) is 16.9 Å². The van der Waals surface area contributed by atoms with Crippen molar-refractivity contribution in [1.29, 1.82) is 0 Å². The minimum Gasteiger partial charge on any atom is -0.350 e. The van der Waals surface area contributed by atoms with Gasteiger partial charge >= 0.3 is 0 Å². The molecular formula is C19H26N4O. The monoisotopic (exact) mass is 326 g/mol. The average molecular weight is 326 g/mol. The number of carbonyl (C=O) groups excluding carboxylic acids is 1. The van der Waals surface area contributed by atoms with Crippen LogP contribution in [0.4, 0.5) is 11.6 Å². The van der Waals surface area contributed by atoms with Crippen LogP contribution in [0.25, 0.3) is 0 Å². The quantitative estimate of drug-likeness (QED) is 0.875. The molecule has 0 atom stereocenters. The third-order valence-electron chi connectivity index (χ3n) is 3.40. The van der Waals surface area contributed by atoms with Crippen LogP contribution in [0.5, 0.6) is 0 Å². The molecule has 0 spiro atoms. The molecule has 0 fully saturated rings. The van der Waals surface area contributed by atoms with Crippen molar-refractivity contribution in [1.82, 2.24) is 9.97 Å². The van der Waals surface area contributed by atoms with Crippen LogP contribution in [0.2, 0.25) is 0 Å². The molecule has 1 amide bonds. The zero-order valence-electron chi connectivity index (χ0n) is 15.3. The highest BCUT2D eigenvalue weighted by Gasteiger charge is 2.16. The molecule has 0 saturated carbocycles. The number of hydrogen-bond donors (Lipinski definition) is 2. The van der Waals surface area contributed by atoms with Gasteiger partial charge in [-0.05, 0) is 51.3 Å². The number of nitrogens with one attached hydrogen (secondary N) is 2. The molecule has 1 aromatic heterocycles. The van der Waals surface area contributed by atoms with E-state index in [4.69, 9.17) is 0 Å². The molecule has 0 radical (unpaired) electrons. The molecule has 2 rings (SSSR count). The maximum Gasteiger partial charge on any atom is 0.274 e. The number of nitrogens with zero attached hydrogens (tertiary/aromatic N) is 2. The second-order valence-electron chi connectivity index (χ2n) is 7.29. The number of aromatic nitrogens is 2. The van der Waals surface area contributed by atoms with E-state index in [1.165, 1.54) is 0 Å². The van der Waals surface area contributed by atoms with E-state index >= 15 is 0 Å². The first-order valence-corrected chi connectivity index (χ1v) is 8.20. The van der Waals surface area contributed by atoms with Crippen molar-refractivity contribution < 1.29 is 4.79 Å². The molecule has 0 saturated heterocycles. The Labute approximate surface area is 143 Å². The summed E-state index contributed by atoms with van der Waals surface area (Å²) >= 11 is 0. The van der Waals surface area contributed by atoms with E-state index in [0.29, 0.717) is 17.6 Å². The van der Waals surface area contributed by atoms with Crippen molar-refractivity contribution in [2.24, 2.45) is 0 Å². The van der Waals surface area contributed by atoms with E-state index in [-0.39, 0.29) is 11.4 Å². The number of amides is 1. The lowest BCUT2D eigenvalue weighted by molar-refractivity contribution is 0.102. The number of rotatable bonds is 4. The lowest BCUT2D eigenvalue weighted by Gasteiger charge is -2.21. The van der Waals surface area contributed by atoms with Crippen molar-refractivity contribution in [3.05, 3.63) is 47.3 Å². The zero-order valence-corrected chi connectivity index (χ0v) is 15.3. The second-order valence-corrected chi connectivity index (χ2v) is 7.29. The minimum absolute atomic E-state index is 0.175. The van der Waals surface area contributed by atoms with Crippen molar-refractivity contribution in [3.63, 3.8) is 0 Å². The summed E-state index contributed by atoms with van der Waals surface area (Å²) in [5, 5.41) is 6.18. The Balaban J connectivity index is 2.27. The summed E-state index contributed by atoms with van der Waals surface area (Å²) in [5.41, 5.74) is 2.85. The van der Waals surface area contributed by atoms with Crippen LogP contribution in [0.15, 0.2) is 30.3 Å². The third-order valence-corrected chi connectivity index (χ3v) is 3.40. The summed E-state index contributed by atoms with van der Waals surface area (Å²) in [6.07, 6.45) is 0. The number of carbonyl (C=O) groups is 1. The van der Waals surface area contributed by atoms with Crippen LogP contribution in [0.3, 0.4) is 0 Å². The van der Waals surface area contributed by atoms with Crippen LogP contribution < -0.4 is 10.6 Å². The summed E-state index contributed by atoms with van der Waals surface area (Å²) in [4.78, 5) is 21.3. The van der Waals surface area contributed by atoms with E-state index < -0.39 is 0 Å². The van der Waals surface area contributed by atoms with Gasteiger partial charge in [0.15, 0.2) is 0 Å². The van der Waals surface area contributed by atoms with Crippen molar-refractivity contribution in [2.45, 2.75) is 53.0 Å². The van der Waals surface area contributed by atoms with Crippen LogP contribution in [0, 0.1) is 6.92 Å². The van der Waals surface area contributed by atoms with Crippen LogP contribution in [-0.4, -0.2) is 21.4 Å². The SMILES string of the molecule is Cc1cc(C(=O)Nc2ccccc2C(C)C)nc(NC(C)(C)C)n1. The Morgan fingerprint density at radius 2 is 1.79 bits per heavy atom. The number of para-hydroxylation sites is 1. The van der Waals surface area contributed by atoms with Crippen LogP contribution >= 0.6 is 0 Å². The fourth-order valence-electron chi connectivity index (χ4n) is 2.38. The Hall–Kier alpha value is -2.43. The fourth-order valence-corrected chi connectivity index (χ4v) is 2.38. The molecule has 1 heterocycles. The molecular weight excluding hydrogens is 300 g/mol. The van der Waals surface area contributed by atoms with Crippen molar-refractivity contribution in [2.75, 3.05) is 10.6 Å². The summed E-state index contributed by atoms with van der Waals surface area (Å²) in [7, 11) is 0. The first-order valence-electron chi connectivity index (χ1n) is 8.20. The standard InChI is InChI=1S/C19H26N4O/c1-12(2)14-9-7-8-10-15(14)21-17(24)16-11-13(3)20-18(22-16)23-19(4,5)6/h7-12H,1-6H3,(H,21,24)(H,20,22,23). The van der Waals surface area contributed by atoms with E-state index in [1.54, 1.807) is 6.07 Å². The third kappa shape index (κ3) is 4.78. The Morgan fingerprint density at radius 3 is 2.42 bits per heavy atom. The number of hydrogen-bond acceptors (Lipinski definition) is 4. The molecule has 0 aliphatic rings. The molecule has 128 valence electrons. The topological polar surface area (TPSA) is 66.9 Å². The van der Waals surface area contributed by atoms with Crippen molar-refractivity contribution in [3.8, 4) is 0 Å². The molecule has 5 nitrogen and oxygen atoms in total. The first kappa shape index (κ1) is 17.9. The molecule has 1 aromatic carbocycles. The first-order chi connectivity index (χ1) is 11.2. The largest absolute Gasteiger partial charge is 0.350 e. The highest BCUT2D eigenvalue weighted by Crippen LogP contribution is 2.24. The molecule has 5 heteroatoms. The van der Waals surface area contributed by atoms with Gasteiger partial charge in [-0.25, -0.2) is 9.97 Å². The Morgan fingerprint density at radius 1 is 1.12 bits per heavy atom. The predicted octanol–water partition coefficient (Wildman–Crippen LogP) is 4.37. The zero-order chi connectivity index (χ0) is 17.9. The molecule has 0 unspecified atom stereocenters. The van der Waals surface area contributed by atoms with Gasteiger partial charge in [0, 0.05) is 16.9 Å². The molecule has 0 aliphatic carbocycles. The van der Waals surface area contributed by atoms with Crippen LogP contribution in [-0.2, 0) is 0 Å². The summed E-state index contributed by atoms with van der Waals surface area (Å²) < 4.78 is 0. The van der Waals surface area contributed by atoms with Gasteiger partial charge in [0.2, 0.25) is 5.95 Å².